The summed E-state index contributed by atoms with van der Waals surface area (Å²) in [7, 11) is 1.39. The number of aromatic nitrogens is 1. The molecule has 0 amide bonds. The van der Waals surface area contributed by atoms with Crippen LogP contribution >= 0.6 is 0 Å². The Morgan fingerprint density at radius 3 is 2.53 bits per heavy atom. The van der Waals surface area contributed by atoms with Crippen molar-refractivity contribution in [3.05, 3.63) is 41.2 Å². The summed E-state index contributed by atoms with van der Waals surface area (Å²) in [5, 5.41) is 0. The number of rotatable bonds is 5. The van der Waals surface area contributed by atoms with Gasteiger partial charge < -0.3 is 20.6 Å². The Hall–Kier alpha value is -1.85. The zero-order valence-electron chi connectivity index (χ0n) is 11.1. The molecule has 5 nitrogen and oxygen atoms in total. The van der Waals surface area contributed by atoms with Crippen molar-refractivity contribution in [2.75, 3.05) is 20.2 Å². The average molecular weight is 261 g/mol. The predicted octanol–water partition coefficient (Wildman–Crippen LogP) is 0.728. The maximum absolute atomic E-state index is 11.8. The van der Waals surface area contributed by atoms with Gasteiger partial charge >= 0.3 is 5.97 Å². The van der Waals surface area contributed by atoms with Crippen molar-refractivity contribution in [1.29, 1.82) is 0 Å². The van der Waals surface area contributed by atoms with Gasteiger partial charge in [0.15, 0.2) is 0 Å². The first-order valence-corrected chi connectivity index (χ1v) is 6.33. The molecule has 0 saturated heterocycles. The lowest BCUT2D eigenvalue weighted by atomic mass is 10.2. The van der Waals surface area contributed by atoms with E-state index in [1.807, 2.05) is 24.3 Å². The summed E-state index contributed by atoms with van der Waals surface area (Å²) in [5.41, 5.74) is 14.8. The molecule has 0 unspecified atom stereocenters. The molecule has 19 heavy (non-hydrogen) atoms. The number of methoxy groups -OCH3 is 1. The molecule has 0 saturated carbocycles. The zero-order valence-corrected chi connectivity index (χ0v) is 11.1. The van der Waals surface area contributed by atoms with E-state index in [9.17, 15) is 4.79 Å². The molecule has 0 bridgehead atoms. The number of hydrogen-bond acceptors (Lipinski definition) is 4. The van der Waals surface area contributed by atoms with E-state index in [0.717, 1.165) is 23.3 Å². The lowest BCUT2D eigenvalue weighted by Gasteiger charge is -2.08. The van der Waals surface area contributed by atoms with Crippen LogP contribution in [-0.2, 0) is 17.6 Å². The van der Waals surface area contributed by atoms with Crippen molar-refractivity contribution in [3.8, 4) is 0 Å². The number of nitrogens with two attached hydrogens (primary N) is 2. The van der Waals surface area contributed by atoms with Gasteiger partial charge in [-0.3, -0.25) is 0 Å². The molecule has 4 N–H and O–H groups in total. The predicted molar refractivity (Wildman–Crippen MR) is 74.3 cm³/mol. The van der Waals surface area contributed by atoms with Gasteiger partial charge in [0.25, 0.3) is 0 Å². The lowest BCUT2D eigenvalue weighted by Crippen LogP contribution is -2.10. The molecule has 0 aromatic carbocycles. The van der Waals surface area contributed by atoms with Gasteiger partial charge in [-0.15, -0.1) is 0 Å². The van der Waals surface area contributed by atoms with Gasteiger partial charge in [-0.1, -0.05) is 6.07 Å². The fourth-order valence-electron chi connectivity index (χ4n) is 2.36. The van der Waals surface area contributed by atoms with E-state index in [1.54, 1.807) is 0 Å². The molecule has 102 valence electrons. The van der Waals surface area contributed by atoms with Gasteiger partial charge in [0.2, 0.25) is 0 Å². The van der Waals surface area contributed by atoms with Crippen LogP contribution in [0.5, 0.6) is 0 Å². The first kappa shape index (κ1) is 13.6. The normalized spacial score (nSPS) is 10.9. The van der Waals surface area contributed by atoms with Crippen molar-refractivity contribution in [3.63, 3.8) is 0 Å². The van der Waals surface area contributed by atoms with E-state index in [0.29, 0.717) is 25.1 Å². The van der Waals surface area contributed by atoms with Crippen molar-refractivity contribution in [2.45, 2.75) is 12.8 Å². The third-order valence-corrected chi connectivity index (χ3v) is 3.15. The van der Waals surface area contributed by atoms with E-state index in [-0.39, 0.29) is 5.97 Å². The van der Waals surface area contributed by atoms with Crippen LogP contribution in [0.3, 0.4) is 0 Å². The molecule has 2 heterocycles. The maximum Gasteiger partial charge on any atom is 0.340 e. The second kappa shape index (κ2) is 5.86. The summed E-state index contributed by atoms with van der Waals surface area (Å²) >= 11 is 0. The molecule has 5 heteroatoms. The number of fused-ring (bicyclic) bond motifs is 1. The van der Waals surface area contributed by atoms with Gasteiger partial charge in [-0.25, -0.2) is 4.79 Å². The molecule has 0 aliphatic carbocycles. The fraction of sp³-hybridized carbons (Fsp3) is 0.357. The van der Waals surface area contributed by atoms with Crippen LogP contribution in [0.15, 0.2) is 24.3 Å². The molecular formula is C14H19N3O2. The highest BCUT2D eigenvalue weighted by Crippen LogP contribution is 2.21. The van der Waals surface area contributed by atoms with E-state index in [1.165, 1.54) is 7.11 Å². The number of esters is 1. The summed E-state index contributed by atoms with van der Waals surface area (Å²) in [6.07, 6.45) is 1.46. The summed E-state index contributed by atoms with van der Waals surface area (Å²) < 4.78 is 6.89. The van der Waals surface area contributed by atoms with E-state index < -0.39 is 0 Å². The Balaban J connectivity index is 2.67. The Morgan fingerprint density at radius 1 is 1.21 bits per heavy atom. The molecule has 0 atom stereocenters. The summed E-state index contributed by atoms with van der Waals surface area (Å²) in [6.45, 7) is 1.09. The molecule has 0 radical (unpaired) electrons. The van der Waals surface area contributed by atoms with Gasteiger partial charge in [0.1, 0.15) is 0 Å². The van der Waals surface area contributed by atoms with Crippen LogP contribution in [0.1, 0.15) is 21.7 Å². The lowest BCUT2D eigenvalue weighted by molar-refractivity contribution is 0.0603. The minimum absolute atomic E-state index is 0.328. The molecule has 2 rings (SSSR count). The summed E-state index contributed by atoms with van der Waals surface area (Å²) in [4.78, 5) is 11.8. The topological polar surface area (TPSA) is 82.8 Å². The third kappa shape index (κ3) is 2.47. The van der Waals surface area contributed by atoms with Crippen molar-refractivity contribution < 1.29 is 9.53 Å². The molecule has 0 aliphatic rings. The minimum atomic E-state index is -0.328. The number of hydrogen-bond donors (Lipinski definition) is 2. The van der Waals surface area contributed by atoms with Gasteiger partial charge in [0, 0.05) is 24.2 Å². The number of pyridine rings is 1. The van der Waals surface area contributed by atoms with Crippen LogP contribution in [0, 0.1) is 0 Å². The monoisotopic (exact) mass is 261 g/mol. The van der Waals surface area contributed by atoms with Crippen LogP contribution in [0.25, 0.3) is 5.52 Å². The second-order valence-corrected chi connectivity index (χ2v) is 4.36. The SMILES string of the molecule is COC(=O)c1cc(CCN)n2c(CCN)cccc12. The molecule has 0 spiro atoms. The van der Waals surface area contributed by atoms with Crippen LogP contribution < -0.4 is 11.5 Å². The Kier molecular flexibility index (Phi) is 4.19. The smallest absolute Gasteiger partial charge is 0.340 e. The molecule has 0 fully saturated rings. The van der Waals surface area contributed by atoms with Gasteiger partial charge in [-0.05, 0) is 31.3 Å². The van der Waals surface area contributed by atoms with E-state index in [2.05, 4.69) is 4.40 Å². The van der Waals surface area contributed by atoms with Gasteiger partial charge in [-0.2, -0.15) is 0 Å². The quantitative estimate of drug-likeness (QED) is 0.777. The Labute approximate surface area is 112 Å². The minimum Gasteiger partial charge on any atom is -0.465 e. The standard InChI is InChI=1S/C14H19N3O2/c1-19-14(18)12-9-11(6-8-16)17-10(5-7-15)3-2-4-13(12)17/h2-4,9H,5-8,15-16H2,1H3. The highest BCUT2D eigenvalue weighted by Gasteiger charge is 2.16. The molecule has 0 aliphatic heterocycles. The third-order valence-electron chi connectivity index (χ3n) is 3.15. The average Bonchev–Trinajstić information content (AvgIpc) is 2.79. The zero-order chi connectivity index (χ0) is 13.8. The summed E-state index contributed by atoms with van der Waals surface area (Å²) in [6, 6.07) is 7.71. The van der Waals surface area contributed by atoms with Crippen LogP contribution in [-0.4, -0.2) is 30.6 Å². The van der Waals surface area contributed by atoms with E-state index >= 15 is 0 Å². The number of ether oxygens (including phenoxy) is 1. The molecular weight excluding hydrogens is 242 g/mol. The van der Waals surface area contributed by atoms with Crippen LogP contribution in [0.2, 0.25) is 0 Å². The molecule has 2 aromatic heterocycles. The highest BCUT2D eigenvalue weighted by atomic mass is 16.5. The second-order valence-electron chi connectivity index (χ2n) is 4.36. The van der Waals surface area contributed by atoms with E-state index in [4.69, 9.17) is 16.2 Å². The fourth-order valence-corrected chi connectivity index (χ4v) is 2.36. The Morgan fingerprint density at radius 2 is 1.89 bits per heavy atom. The number of nitrogens with zero attached hydrogens (tertiary/aromatic N) is 1. The first-order valence-electron chi connectivity index (χ1n) is 6.33. The Bertz CT molecular complexity index is 590. The van der Waals surface area contributed by atoms with Crippen molar-refractivity contribution >= 4 is 11.5 Å². The summed E-state index contributed by atoms with van der Waals surface area (Å²) in [5.74, 6) is -0.328. The maximum atomic E-state index is 11.8. The first-order chi connectivity index (χ1) is 9.22. The van der Waals surface area contributed by atoms with Crippen molar-refractivity contribution in [1.82, 2.24) is 4.40 Å². The number of carbonyl (C=O) groups is 1. The number of carbonyl (C=O) groups excluding carboxylic acids is 1. The molecule has 2 aromatic rings. The highest BCUT2D eigenvalue weighted by molar-refractivity contribution is 5.97. The van der Waals surface area contributed by atoms with Crippen LogP contribution in [0.4, 0.5) is 0 Å². The van der Waals surface area contributed by atoms with Gasteiger partial charge in [0.05, 0.1) is 18.2 Å². The largest absolute Gasteiger partial charge is 0.465 e. The van der Waals surface area contributed by atoms with Crippen molar-refractivity contribution in [2.24, 2.45) is 11.5 Å².